The molecule has 1 aromatic rings. The van der Waals surface area contributed by atoms with E-state index in [2.05, 4.69) is 22.6 Å². The number of nitrogens with two attached hydrogens (primary N) is 1. The molecule has 0 radical (unpaired) electrons. The molecule has 1 atom stereocenters. The highest BCUT2D eigenvalue weighted by Crippen LogP contribution is 2.18. The Kier molecular flexibility index (Phi) is 2.29. The molecule has 1 rings (SSSR count). The Morgan fingerprint density at radius 3 is 2.90 bits per heavy atom. The summed E-state index contributed by atoms with van der Waals surface area (Å²) in [7, 11) is 0. The van der Waals surface area contributed by atoms with E-state index in [0.29, 0.717) is 5.76 Å². The zero-order valence-corrected chi connectivity index (χ0v) is 7.20. The Balaban J connectivity index is 2.96. The standard InChI is InChI=1S/C6H5IN2O/c7-4-1-2-10-6(4)5(9)3-8/h1-2,5H,9H2. The summed E-state index contributed by atoms with van der Waals surface area (Å²) in [6.07, 6.45) is 1.52. The molecular formula is C6H5IN2O. The van der Waals surface area contributed by atoms with Crippen molar-refractivity contribution >= 4 is 22.6 Å². The van der Waals surface area contributed by atoms with E-state index in [1.165, 1.54) is 6.26 Å². The average molecular weight is 248 g/mol. The van der Waals surface area contributed by atoms with Gasteiger partial charge in [-0.3, -0.25) is 0 Å². The first-order valence-electron chi connectivity index (χ1n) is 2.64. The van der Waals surface area contributed by atoms with E-state index in [-0.39, 0.29) is 0 Å². The minimum atomic E-state index is -0.637. The van der Waals surface area contributed by atoms with Crippen molar-refractivity contribution in [1.29, 1.82) is 5.26 Å². The van der Waals surface area contributed by atoms with Crippen LogP contribution in [0.1, 0.15) is 11.8 Å². The Hall–Kier alpha value is -0.540. The number of furan rings is 1. The summed E-state index contributed by atoms with van der Waals surface area (Å²) < 4.78 is 5.86. The highest BCUT2D eigenvalue weighted by molar-refractivity contribution is 14.1. The summed E-state index contributed by atoms with van der Waals surface area (Å²) in [5, 5.41) is 8.39. The zero-order valence-electron chi connectivity index (χ0n) is 5.04. The second-order valence-electron chi connectivity index (χ2n) is 1.74. The van der Waals surface area contributed by atoms with Crippen LogP contribution in [-0.2, 0) is 0 Å². The van der Waals surface area contributed by atoms with Gasteiger partial charge in [0.25, 0.3) is 0 Å². The summed E-state index contributed by atoms with van der Waals surface area (Å²) in [6.45, 7) is 0. The lowest BCUT2D eigenvalue weighted by molar-refractivity contribution is 0.494. The van der Waals surface area contributed by atoms with Crippen LogP contribution in [0.5, 0.6) is 0 Å². The largest absolute Gasteiger partial charge is 0.465 e. The molecule has 52 valence electrons. The van der Waals surface area contributed by atoms with Crippen LogP contribution < -0.4 is 5.73 Å². The molecule has 4 heteroatoms. The molecule has 1 aromatic heterocycles. The van der Waals surface area contributed by atoms with Crippen LogP contribution in [0.25, 0.3) is 0 Å². The third kappa shape index (κ3) is 1.30. The maximum absolute atomic E-state index is 8.39. The lowest BCUT2D eigenvalue weighted by Crippen LogP contribution is -2.06. The Morgan fingerprint density at radius 2 is 2.50 bits per heavy atom. The monoisotopic (exact) mass is 248 g/mol. The molecule has 10 heavy (non-hydrogen) atoms. The molecule has 0 saturated carbocycles. The second kappa shape index (κ2) is 3.03. The molecular weight excluding hydrogens is 243 g/mol. The molecule has 0 aliphatic rings. The molecule has 0 bridgehead atoms. The number of halogens is 1. The van der Waals surface area contributed by atoms with Crippen LogP contribution in [0.3, 0.4) is 0 Å². The molecule has 0 aromatic carbocycles. The summed E-state index contributed by atoms with van der Waals surface area (Å²) in [5.41, 5.74) is 5.38. The molecule has 0 aliphatic heterocycles. The summed E-state index contributed by atoms with van der Waals surface area (Å²) in [5.74, 6) is 0.545. The quantitative estimate of drug-likeness (QED) is 0.764. The van der Waals surface area contributed by atoms with Crippen LogP contribution in [0.4, 0.5) is 0 Å². The van der Waals surface area contributed by atoms with E-state index in [4.69, 9.17) is 15.4 Å². The normalized spacial score (nSPS) is 12.5. The first-order chi connectivity index (χ1) is 4.75. The van der Waals surface area contributed by atoms with Gasteiger partial charge < -0.3 is 10.2 Å². The van der Waals surface area contributed by atoms with Crippen LogP contribution in [0.15, 0.2) is 16.7 Å². The molecule has 1 heterocycles. The van der Waals surface area contributed by atoms with Crippen molar-refractivity contribution in [3.05, 3.63) is 21.7 Å². The fourth-order valence-electron chi connectivity index (χ4n) is 0.586. The van der Waals surface area contributed by atoms with Crippen molar-refractivity contribution < 1.29 is 4.42 Å². The maximum Gasteiger partial charge on any atom is 0.152 e. The molecule has 3 nitrogen and oxygen atoms in total. The van der Waals surface area contributed by atoms with Gasteiger partial charge in [0.1, 0.15) is 5.76 Å². The van der Waals surface area contributed by atoms with Crippen LogP contribution in [-0.4, -0.2) is 0 Å². The third-order valence-corrected chi connectivity index (χ3v) is 1.96. The fraction of sp³-hybridized carbons (Fsp3) is 0.167. The van der Waals surface area contributed by atoms with Crippen LogP contribution in [0, 0.1) is 14.9 Å². The lowest BCUT2D eigenvalue weighted by Gasteiger charge is -1.95. The Morgan fingerprint density at radius 1 is 1.80 bits per heavy atom. The molecule has 2 N–H and O–H groups in total. The van der Waals surface area contributed by atoms with Crippen molar-refractivity contribution in [3.63, 3.8) is 0 Å². The third-order valence-electron chi connectivity index (χ3n) is 1.07. The predicted molar refractivity (Wildman–Crippen MR) is 44.0 cm³/mol. The van der Waals surface area contributed by atoms with Gasteiger partial charge in [0, 0.05) is 0 Å². The topological polar surface area (TPSA) is 63.0 Å². The van der Waals surface area contributed by atoms with Gasteiger partial charge in [0.05, 0.1) is 15.9 Å². The summed E-state index contributed by atoms with van der Waals surface area (Å²) in [4.78, 5) is 0. The highest BCUT2D eigenvalue weighted by Gasteiger charge is 2.10. The van der Waals surface area contributed by atoms with Crippen LogP contribution in [0.2, 0.25) is 0 Å². The van der Waals surface area contributed by atoms with Crippen molar-refractivity contribution in [1.82, 2.24) is 0 Å². The summed E-state index contributed by atoms with van der Waals surface area (Å²) >= 11 is 2.07. The van der Waals surface area contributed by atoms with Gasteiger partial charge in [0.2, 0.25) is 0 Å². The number of hydrogen-bond donors (Lipinski definition) is 1. The van der Waals surface area contributed by atoms with E-state index in [9.17, 15) is 0 Å². The number of nitrogens with zero attached hydrogens (tertiary/aromatic N) is 1. The van der Waals surface area contributed by atoms with Gasteiger partial charge in [-0.25, -0.2) is 0 Å². The summed E-state index contributed by atoms with van der Waals surface area (Å²) in [6, 6.07) is 3.02. The van der Waals surface area contributed by atoms with E-state index in [0.717, 1.165) is 3.57 Å². The highest BCUT2D eigenvalue weighted by atomic mass is 127. The van der Waals surface area contributed by atoms with Gasteiger partial charge in [-0.15, -0.1) is 0 Å². The van der Waals surface area contributed by atoms with E-state index in [1.807, 2.05) is 6.07 Å². The molecule has 0 aliphatic carbocycles. The van der Waals surface area contributed by atoms with E-state index >= 15 is 0 Å². The van der Waals surface area contributed by atoms with Crippen molar-refractivity contribution in [2.75, 3.05) is 0 Å². The molecule has 1 unspecified atom stereocenters. The number of hydrogen-bond acceptors (Lipinski definition) is 3. The number of rotatable bonds is 1. The van der Waals surface area contributed by atoms with Crippen molar-refractivity contribution in [3.8, 4) is 6.07 Å². The van der Waals surface area contributed by atoms with Crippen molar-refractivity contribution in [2.45, 2.75) is 6.04 Å². The van der Waals surface area contributed by atoms with E-state index in [1.54, 1.807) is 6.07 Å². The molecule has 0 saturated heterocycles. The Bertz CT molecular complexity index is 263. The van der Waals surface area contributed by atoms with E-state index < -0.39 is 6.04 Å². The first kappa shape index (κ1) is 7.57. The maximum atomic E-state index is 8.39. The minimum absolute atomic E-state index is 0.545. The molecule has 0 spiro atoms. The Labute approximate surface area is 71.9 Å². The van der Waals surface area contributed by atoms with Crippen LogP contribution >= 0.6 is 22.6 Å². The SMILES string of the molecule is N#CC(N)c1occc1I. The number of nitriles is 1. The minimum Gasteiger partial charge on any atom is -0.465 e. The van der Waals surface area contributed by atoms with Crippen molar-refractivity contribution in [2.24, 2.45) is 5.73 Å². The zero-order chi connectivity index (χ0) is 7.56. The molecule has 0 fully saturated rings. The predicted octanol–water partition coefficient (Wildman–Crippen LogP) is 1.41. The smallest absolute Gasteiger partial charge is 0.152 e. The fourth-order valence-corrected chi connectivity index (χ4v) is 1.20. The van der Waals surface area contributed by atoms with Gasteiger partial charge in [-0.1, -0.05) is 0 Å². The van der Waals surface area contributed by atoms with Gasteiger partial charge in [-0.05, 0) is 28.7 Å². The molecule has 0 amide bonds. The first-order valence-corrected chi connectivity index (χ1v) is 3.71. The lowest BCUT2D eigenvalue weighted by atomic mass is 10.3. The van der Waals surface area contributed by atoms with Gasteiger partial charge in [0.15, 0.2) is 6.04 Å². The van der Waals surface area contributed by atoms with Gasteiger partial charge in [-0.2, -0.15) is 5.26 Å². The second-order valence-corrected chi connectivity index (χ2v) is 2.90. The average Bonchev–Trinajstić information content (AvgIpc) is 2.34. The van der Waals surface area contributed by atoms with Gasteiger partial charge >= 0.3 is 0 Å².